The molecule has 0 aromatic heterocycles. The second-order valence-electron chi connectivity index (χ2n) is 9.53. The number of carbonyl (C=O) groups is 1. The number of para-hydroxylation sites is 1. The van der Waals surface area contributed by atoms with E-state index in [9.17, 15) is 18.0 Å². The fourth-order valence-electron chi connectivity index (χ4n) is 5.35. The Hall–Kier alpha value is -3.72. The van der Waals surface area contributed by atoms with E-state index in [1.54, 1.807) is 26.4 Å². The Morgan fingerprint density at radius 3 is 2.24 bits per heavy atom. The van der Waals surface area contributed by atoms with E-state index < -0.39 is 12.4 Å². The third kappa shape index (κ3) is 5.43. The van der Waals surface area contributed by atoms with Crippen LogP contribution in [0.3, 0.4) is 0 Å². The van der Waals surface area contributed by atoms with Gasteiger partial charge >= 0.3 is 6.36 Å². The van der Waals surface area contributed by atoms with Gasteiger partial charge in [0.15, 0.2) is 11.5 Å². The van der Waals surface area contributed by atoms with Crippen molar-refractivity contribution in [1.82, 2.24) is 9.80 Å². The predicted molar refractivity (Wildman–Crippen MR) is 135 cm³/mol. The van der Waals surface area contributed by atoms with Gasteiger partial charge in [0.25, 0.3) is 0 Å². The summed E-state index contributed by atoms with van der Waals surface area (Å²) >= 11 is 0. The van der Waals surface area contributed by atoms with Crippen molar-refractivity contribution >= 4 is 5.91 Å². The second kappa shape index (κ2) is 10.6. The average molecular weight is 527 g/mol. The smallest absolute Gasteiger partial charge is 0.493 e. The van der Waals surface area contributed by atoms with Gasteiger partial charge in [-0.25, -0.2) is 0 Å². The molecule has 2 aliphatic heterocycles. The van der Waals surface area contributed by atoms with Crippen LogP contribution in [0.5, 0.6) is 17.2 Å². The summed E-state index contributed by atoms with van der Waals surface area (Å²) in [6.07, 6.45) is -3.65. The summed E-state index contributed by atoms with van der Waals surface area (Å²) in [5.41, 5.74) is 4.62. The number of hydrogen-bond acceptors (Lipinski definition) is 5. The Bertz CT molecular complexity index is 1330. The van der Waals surface area contributed by atoms with Crippen molar-refractivity contribution in [2.75, 3.05) is 20.8 Å². The molecule has 0 N–H and O–H groups in total. The lowest BCUT2D eigenvalue weighted by atomic mass is 9.91. The molecule has 0 saturated heterocycles. The predicted octanol–water partition coefficient (Wildman–Crippen LogP) is 5.11. The topological polar surface area (TPSA) is 51.2 Å². The van der Waals surface area contributed by atoms with Crippen LogP contribution in [0.4, 0.5) is 13.2 Å². The van der Waals surface area contributed by atoms with Gasteiger partial charge in [-0.3, -0.25) is 9.69 Å². The van der Waals surface area contributed by atoms with E-state index in [0.717, 1.165) is 22.3 Å². The number of rotatable bonds is 6. The van der Waals surface area contributed by atoms with Crippen LogP contribution in [-0.2, 0) is 37.3 Å². The van der Waals surface area contributed by atoms with Gasteiger partial charge in [-0.15, -0.1) is 13.2 Å². The van der Waals surface area contributed by atoms with Crippen LogP contribution in [0.2, 0.25) is 0 Å². The standard InChI is InChI=1S/C29H29F3N2O4/c1-36-26-14-20-11-12-33(18-23(20)15-27(26)37-2)28(35)24-13-19-7-3-4-8-21(19)16-34(24)17-22-9-5-6-10-25(22)38-29(30,31)32/h3-10,14-15,24H,11-13,16-18H2,1-2H3/t24-/m0/s1. The number of ether oxygens (including phenoxy) is 3. The molecule has 9 heteroatoms. The summed E-state index contributed by atoms with van der Waals surface area (Å²) in [4.78, 5) is 17.8. The van der Waals surface area contributed by atoms with E-state index >= 15 is 0 Å². The number of fused-ring (bicyclic) bond motifs is 2. The Kier molecular flexibility index (Phi) is 7.21. The first-order valence-electron chi connectivity index (χ1n) is 12.4. The summed E-state index contributed by atoms with van der Waals surface area (Å²) in [6, 6.07) is 17.3. The molecule has 2 heterocycles. The number of amides is 1. The summed E-state index contributed by atoms with van der Waals surface area (Å²) in [7, 11) is 3.17. The van der Waals surface area contributed by atoms with Crippen LogP contribution in [0.25, 0.3) is 0 Å². The first-order chi connectivity index (χ1) is 18.3. The molecule has 200 valence electrons. The third-order valence-corrected chi connectivity index (χ3v) is 7.23. The van der Waals surface area contributed by atoms with Crippen molar-refractivity contribution in [2.45, 2.75) is 44.9 Å². The fourth-order valence-corrected chi connectivity index (χ4v) is 5.35. The molecule has 1 atom stereocenters. The molecule has 0 saturated carbocycles. The monoisotopic (exact) mass is 526 g/mol. The van der Waals surface area contributed by atoms with E-state index in [0.29, 0.717) is 49.5 Å². The first-order valence-corrected chi connectivity index (χ1v) is 12.4. The van der Waals surface area contributed by atoms with E-state index in [1.807, 2.05) is 46.2 Å². The zero-order valence-electron chi connectivity index (χ0n) is 21.3. The van der Waals surface area contributed by atoms with Crippen molar-refractivity contribution in [3.8, 4) is 17.2 Å². The third-order valence-electron chi connectivity index (χ3n) is 7.23. The normalized spacial score (nSPS) is 17.4. The molecule has 6 nitrogen and oxygen atoms in total. The maximum atomic E-state index is 14.0. The number of methoxy groups -OCH3 is 2. The number of carbonyl (C=O) groups excluding carboxylic acids is 1. The lowest BCUT2D eigenvalue weighted by Crippen LogP contribution is -2.52. The van der Waals surface area contributed by atoms with Crippen LogP contribution >= 0.6 is 0 Å². The highest BCUT2D eigenvalue weighted by Crippen LogP contribution is 2.35. The van der Waals surface area contributed by atoms with Gasteiger partial charge in [0, 0.05) is 31.7 Å². The molecule has 0 fully saturated rings. The first kappa shape index (κ1) is 25.9. The molecule has 38 heavy (non-hydrogen) atoms. The fraction of sp³-hybridized carbons (Fsp3) is 0.345. The summed E-state index contributed by atoms with van der Waals surface area (Å²) in [6.45, 7) is 1.56. The van der Waals surface area contributed by atoms with Crippen molar-refractivity contribution in [1.29, 1.82) is 0 Å². The van der Waals surface area contributed by atoms with Crippen LogP contribution in [0.1, 0.15) is 27.8 Å². The maximum absolute atomic E-state index is 14.0. The second-order valence-corrected chi connectivity index (χ2v) is 9.53. The molecular weight excluding hydrogens is 497 g/mol. The Morgan fingerprint density at radius 2 is 1.53 bits per heavy atom. The molecule has 1 amide bonds. The molecule has 0 unspecified atom stereocenters. The zero-order valence-corrected chi connectivity index (χ0v) is 21.3. The van der Waals surface area contributed by atoms with E-state index in [-0.39, 0.29) is 18.2 Å². The van der Waals surface area contributed by atoms with Crippen molar-refractivity contribution in [3.63, 3.8) is 0 Å². The summed E-state index contributed by atoms with van der Waals surface area (Å²) < 4.78 is 54.3. The molecule has 0 bridgehead atoms. The van der Waals surface area contributed by atoms with Crippen molar-refractivity contribution in [2.24, 2.45) is 0 Å². The van der Waals surface area contributed by atoms with Crippen LogP contribution < -0.4 is 14.2 Å². The van der Waals surface area contributed by atoms with Gasteiger partial charge in [-0.1, -0.05) is 42.5 Å². The molecule has 0 radical (unpaired) electrons. The molecular formula is C29H29F3N2O4. The quantitative estimate of drug-likeness (QED) is 0.447. The van der Waals surface area contributed by atoms with Crippen LogP contribution in [0.15, 0.2) is 60.7 Å². The number of alkyl halides is 3. The largest absolute Gasteiger partial charge is 0.573 e. The molecule has 3 aromatic carbocycles. The van der Waals surface area contributed by atoms with Gasteiger partial charge in [0.2, 0.25) is 5.91 Å². The van der Waals surface area contributed by atoms with Gasteiger partial charge in [-0.05, 0) is 53.3 Å². The highest BCUT2D eigenvalue weighted by Gasteiger charge is 2.37. The molecule has 2 aliphatic rings. The zero-order chi connectivity index (χ0) is 26.9. The minimum atomic E-state index is -4.80. The van der Waals surface area contributed by atoms with Gasteiger partial charge < -0.3 is 19.1 Å². The van der Waals surface area contributed by atoms with Crippen LogP contribution in [-0.4, -0.2) is 48.9 Å². The van der Waals surface area contributed by atoms with Gasteiger partial charge in [-0.2, -0.15) is 0 Å². The number of benzene rings is 3. The number of nitrogens with zero attached hydrogens (tertiary/aromatic N) is 2. The van der Waals surface area contributed by atoms with Gasteiger partial charge in [0.1, 0.15) is 5.75 Å². The number of hydrogen-bond donors (Lipinski definition) is 0. The van der Waals surface area contributed by atoms with Crippen molar-refractivity contribution in [3.05, 3.63) is 88.5 Å². The van der Waals surface area contributed by atoms with Gasteiger partial charge in [0.05, 0.1) is 20.3 Å². The minimum Gasteiger partial charge on any atom is -0.493 e. The number of halogens is 3. The highest BCUT2D eigenvalue weighted by molar-refractivity contribution is 5.83. The lowest BCUT2D eigenvalue weighted by Gasteiger charge is -2.40. The Balaban J connectivity index is 1.42. The van der Waals surface area contributed by atoms with E-state index in [4.69, 9.17) is 9.47 Å². The van der Waals surface area contributed by atoms with E-state index in [1.165, 1.54) is 12.1 Å². The Morgan fingerprint density at radius 1 is 0.868 bits per heavy atom. The van der Waals surface area contributed by atoms with Crippen molar-refractivity contribution < 1.29 is 32.2 Å². The van der Waals surface area contributed by atoms with Crippen LogP contribution in [0, 0.1) is 0 Å². The minimum absolute atomic E-state index is 0.0471. The highest BCUT2D eigenvalue weighted by atomic mass is 19.4. The molecule has 3 aromatic rings. The average Bonchev–Trinajstić information content (AvgIpc) is 2.91. The maximum Gasteiger partial charge on any atom is 0.573 e. The lowest BCUT2D eigenvalue weighted by molar-refractivity contribution is -0.275. The van der Waals surface area contributed by atoms with E-state index in [2.05, 4.69) is 4.74 Å². The summed E-state index contributed by atoms with van der Waals surface area (Å²) in [5.74, 6) is 0.961. The molecule has 0 spiro atoms. The Labute approximate surface area is 219 Å². The SMILES string of the molecule is COc1cc2c(cc1OC)CN(C(=O)[C@@H]1Cc3ccccc3CN1Cc1ccccc1OC(F)(F)F)CC2. The molecule has 5 rings (SSSR count). The summed E-state index contributed by atoms with van der Waals surface area (Å²) in [5, 5.41) is 0. The molecule has 0 aliphatic carbocycles.